The van der Waals surface area contributed by atoms with Crippen molar-refractivity contribution >= 4 is 36.9 Å². The van der Waals surface area contributed by atoms with Gasteiger partial charge in [0.25, 0.3) is 0 Å². The van der Waals surface area contributed by atoms with Crippen LogP contribution in [0.2, 0.25) is 18.1 Å². The Bertz CT molecular complexity index is 236. The summed E-state index contributed by atoms with van der Waals surface area (Å²) in [6.45, 7) is 12.9. The van der Waals surface area contributed by atoms with Gasteiger partial charge in [-0.3, -0.25) is 4.79 Å². The topological polar surface area (TPSA) is 35.5 Å². The van der Waals surface area contributed by atoms with Gasteiger partial charge in [0, 0.05) is 11.4 Å². The normalized spacial score (nSPS) is 14.7. The standard InChI is InChI=1S/C11H23IO3Si/c1-9(13)15-10(7-12)8-14-16(5,6)11(2,3)4/h10H,7-8H2,1-6H3. The highest BCUT2D eigenvalue weighted by atomic mass is 127. The molecule has 0 radical (unpaired) electrons. The summed E-state index contributed by atoms with van der Waals surface area (Å²) in [5.41, 5.74) is 0. The summed E-state index contributed by atoms with van der Waals surface area (Å²) < 4.78 is 11.9. The quantitative estimate of drug-likeness (QED) is 0.327. The average Bonchev–Trinajstić information content (AvgIpc) is 2.09. The SMILES string of the molecule is CC(=O)OC(CI)CO[Si](C)(C)C(C)(C)C. The maximum atomic E-state index is 10.9. The highest BCUT2D eigenvalue weighted by molar-refractivity contribution is 14.1. The molecule has 0 rings (SSSR count). The lowest BCUT2D eigenvalue weighted by Crippen LogP contribution is -2.43. The number of halogens is 1. The first kappa shape index (κ1) is 16.4. The number of hydrogen-bond acceptors (Lipinski definition) is 3. The number of esters is 1. The Morgan fingerprint density at radius 1 is 1.38 bits per heavy atom. The van der Waals surface area contributed by atoms with E-state index in [1.807, 2.05) is 0 Å². The number of rotatable bonds is 5. The van der Waals surface area contributed by atoms with Crippen LogP contribution in [0.1, 0.15) is 27.7 Å². The molecule has 0 aliphatic rings. The van der Waals surface area contributed by atoms with E-state index >= 15 is 0 Å². The van der Waals surface area contributed by atoms with Gasteiger partial charge >= 0.3 is 5.97 Å². The van der Waals surface area contributed by atoms with Crippen LogP contribution in [-0.2, 0) is 14.0 Å². The van der Waals surface area contributed by atoms with Crippen molar-refractivity contribution < 1.29 is 14.0 Å². The van der Waals surface area contributed by atoms with Gasteiger partial charge in [0.1, 0.15) is 6.10 Å². The molecular weight excluding hydrogens is 335 g/mol. The third-order valence-electron chi connectivity index (χ3n) is 2.94. The molecule has 0 saturated carbocycles. The predicted octanol–water partition coefficient (Wildman–Crippen LogP) is 3.37. The van der Waals surface area contributed by atoms with Crippen LogP contribution in [-0.4, -0.2) is 31.4 Å². The number of alkyl halides is 1. The molecule has 0 bridgehead atoms. The van der Waals surface area contributed by atoms with Crippen LogP contribution in [0.15, 0.2) is 0 Å². The second-order valence-electron chi connectivity index (χ2n) is 5.46. The maximum absolute atomic E-state index is 10.9. The van der Waals surface area contributed by atoms with Crippen LogP contribution in [0.3, 0.4) is 0 Å². The van der Waals surface area contributed by atoms with E-state index in [2.05, 4.69) is 56.5 Å². The lowest BCUT2D eigenvalue weighted by atomic mass is 10.2. The first-order valence-corrected chi connectivity index (χ1v) is 9.90. The van der Waals surface area contributed by atoms with E-state index in [-0.39, 0.29) is 17.1 Å². The van der Waals surface area contributed by atoms with Crippen molar-refractivity contribution in [3.05, 3.63) is 0 Å². The number of carbonyl (C=O) groups excluding carboxylic acids is 1. The Labute approximate surface area is 114 Å². The van der Waals surface area contributed by atoms with Gasteiger partial charge in [-0.05, 0) is 18.1 Å². The number of hydrogen-bond donors (Lipinski definition) is 0. The van der Waals surface area contributed by atoms with Gasteiger partial charge < -0.3 is 9.16 Å². The van der Waals surface area contributed by atoms with Gasteiger partial charge in [-0.15, -0.1) is 0 Å². The van der Waals surface area contributed by atoms with Gasteiger partial charge in [-0.2, -0.15) is 0 Å². The Hall–Kier alpha value is 0.377. The van der Waals surface area contributed by atoms with Gasteiger partial charge in [-0.25, -0.2) is 0 Å². The minimum absolute atomic E-state index is 0.118. The molecule has 0 amide bonds. The van der Waals surface area contributed by atoms with Crippen LogP contribution >= 0.6 is 22.6 Å². The third kappa shape index (κ3) is 5.63. The Kier molecular flexibility index (Phi) is 6.50. The maximum Gasteiger partial charge on any atom is 0.303 e. The molecule has 0 aliphatic heterocycles. The van der Waals surface area contributed by atoms with E-state index in [0.29, 0.717) is 6.61 Å². The van der Waals surface area contributed by atoms with Crippen LogP contribution in [0.5, 0.6) is 0 Å². The summed E-state index contributed by atoms with van der Waals surface area (Å²) in [6.07, 6.45) is -0.118. The highest BCUT2D eigenvalue weighted by Gasteiger charge is 2.37. The minimum Gasteiger partial charge on any atom is -0.459 e. The van der Waals surface area contributed by atoms with Crippen molar-refractivity contribution in [1.82, 2.24) is 0 Å². The molecule has 0 N–H and O–H groups in total. The number of ether oxygens (including phenoxy) is 1. The molecule has 0 heterocycles. The highest BCUT2D eigenvalue weighted by Crippen LogP contribution is 2.36. The fraction of sp³-hybridized carbons (Fsp3) is 0.909. The molecule has 1 unspecified atom stereocenters. The van der Waals surface area contributed by atoms with E-state index in [1.54, 1.807) is 0 Å². The zero-order chi connectivity index (χ0) is 13.0. The fourth-order valence-corrected chi connectivity index (χ4v) is 2.33. The Balaban J connectivity index is 4.26. The van der Waals surface area contributed by atoms with Crippen molar-refractivity contribution in [3.63, 3.8) is 0 Å². The second-order valence-corrected chi connectivity index (χ2v) is 11.1. The molecule has 96 valence electrons. The lowest BCUT2D eigenvalue weighted by molar-refractivity contribution is -0.146. The molecule has 0 fully saturated rings. The van der Waals surface area contributed by atoms with Crippen LogP contribution in [0.4, 0.5) is 0 Å². The second kappa shape index (κ2) is 6.35. The van der Waals surface area contributed by atoms with Crippen LogP contribution in [0, 0.1) is 0 Å². The van der Waals surface area contributed by atoms with Crippen molar-refractivity contribution in [3.8, 4) is 0 Å². The van der Waals surface area contributed by atoms with E-state index in [4.69, 9.17) is 9.16 Å². The summed E-state index contributed by atoms with van der Waals surface area (Å²) in [4.78, 5) is 10.9. The molecule has 16 heavy (non-hydrogen) atoms. The van der Waals surface area contributed by atoms with Gasteiger partial charge in [0.15, 0.2) is 8.32 Å². The van der Waals surface area contributed by atoms with Gasteiger partial charge in [0.2, 0.25) is 0 Å². The first-order chi connectivity index (χ1) is 7.10. The first-order valence-electron chi connectivity index (χ1n) is 5.47. The molecule has 0 spiro atoms. The van der Waals surface area contributed by atoms with Gasteiger partial charge in [0.05, 0.1) is 6.61 Å². The predicted molar refractivity (Wildman–Crippen MR) is 77.6 cm³/mol. The monoisotopic (exact) mass is 358 g/mol. The van der Waals surface area contributed by atoms with E-state index in [9.17, 15) is 4.79 Å². The van der Waals surface area contributed by atoms with E-state index in [1.165, 1.54) is 6.92 Å². The Morgan fingerprint density at radius 3 is 2.19 bits per heavy atom. The summed E-state index contributed by atoms with van der Waals surface area (Å²) in [6, 6.07) is 0. The molecule has 0 aromatic heterocycles. The number of carbonyl (C=O) groups is 1. The zero-order valence-corrected chi connectivity index (χ0v) is 14.3. The van der Waals surface area contributed by atoms with Crippen LogP contribution in [0.25, 0.3) is 0 Å². The van der Waals surface area contributed by atoms with Crippen molar-refractivity contribution in [2.24, 2.45) is 0 Å². The molecule has 0 aliphatic carbocycles. The van der Waals surface area contributed by atoms with Gasteiger partial charge in [-0.1, -0.05) is 43.4 Å². The zero-order valence-electron chi connectivity index (χ0n) is 11.1. The fourth-order valence-electron chi connectivity index (χ4n) is 0.863. The Morgan fingerprint density at radius 2 is 1.88 bits per heavy atom. The molecule has 1 atom stereocenters. The molecule has 0 saturated heterocycles. The molecule has 3 nitrogen and oxygen atoms in total. The summed E-state index contributed by atoms with van der Waals surface area (Å²) >= 11 is 2.21. The molecule has 0 aromatic carbocycles. The van der Waals surface area contributed by atoms with Crippen molar-refractivity contribution in [2.75, 3.05) is 11.0 Å². The summed E-state index contributed by atoms with van der Waals surface area (Å²) in [5.74, 6) is -0.236. The van der Waals surface area contributed by atoms with Crippen molar-refractivity contribution in [1.29, 1.82) is 0 Å². The summed E-state index contributed by atoms with van der Waals surface area (Å²) in [5, 5.41) is 0.193. The van der Waals surface area contributed by atoms with Crippen LogP contribution < -0.4 is 0 Å². The van der Waals surface area contributed by atoms with E-state index < -0.39 is 8.32 Å². The minimum atomic E-state index is -1.73. The molecule has 5 heteroatoms. The third-order valence-corrected chi connectivity index (χ3v) is 8.42. The average molecular weight is 358 g/mol. The molecular formula is C11H23IO3Si. The smallest absolute Gasteiger partial charge is 0.303 e. The summed E-state index contributed by atoms with van der Waals surface area (Å²) in [7, 11) is -1.73. The lowest BCUT2D eigenvalue weighted by Gasteiger charge is -2.37. The van der Waals surface area contributed by atoms with Crippen molar-refractivity contribution in [2.45, 2.75) is 51.9 Å². The largest absolute Gasteiger partial charge is 0.459 e. The molecule has 0 aromatic rings. The van der Waals surface area contributed by atoms with E-state index in [0.717, 1.165) is 4.43 Å².